The first-order chi connectivity index (χ1) is 24.3. The van der Waals surface area contributed by atoms with Crippen molar-refractivity contribution in [2.75, 3.05) is 26.3 Å². The zero-order valence-corrected chi connectivity index (χ0v) is 32.1. The number of imide groups is 1. The molecule has 0 radical (unpaired) electrons. The van der Waals surface area contributed by atoms with Crippen molar-refractivity contribution in [3.8, 4) is 0 Å². The number of hydrogen-bond donors (Lipinski definition) is 4. The highest BCUT2D eigenvalue weighted by Gasteiger charge is 2.69. The number of ether oxygens (including phenoxy) is 1. The Morgan fingerprint density at radius 1 is 0.904 bits per heavy atom. The Bertz CT molecular complexity index is 1410. The van der Waals surface area contributed by atoms with E-state index < -0.39 is 64.5 Å². The van der Waals surface area contributed by atoms with Crippen LogP contribution in [0.2, 0.25) is 0 Å². The van der Waals surface area contributed by atoms with Gasteiger partial charge in [0.05, 0.1) is 18.7 Å². The number of piperidine rings is 2. The molecule has 52 heavy (non-hydrogen) atoms. The average molecular weight is 729 g/mol. The lowest BCUT2D eigenvalue weighted by Gasteiger charge is -2.40. The fourth-order valence-electron chi connectivity index (χ4n) is 8.13. The van der Waals surface area contributed by atoms with E-state index in [0.29, 0.717) is 26.0 Å². The molecule has 2 saturated carbocycles. The topological polar surface area (TPSA) is 183 Å². The maximum absolute atomic E-state index is 14.4. The molecule has 0 unspecified atom stereocenters. The predicted octanol–water partition coefficient (Wildman–Crippen LogP) is 2.43. The van der Waals surface area contributed by atoms with E-state index in [1.54, 1.807) is 0 Å². The van der Waals surface area contributed by atoms with E-state index in [-0.39, 0.29) is 61.1 Å². The van der Waals surface area contributed by atoms with E-state index in [0.717, 1.165) is 38.5 Å². The van der Waals surface area contributed by atoms with Crippen LogP contribution in [0.1, 0.15) is 113 Å². The fraction of sp³-hybridized carbons (Fsp3) is 0.816. The van der Waals surface area contributed by atoms with Gasteiger partial charge in [0, 0.05) is 38.6 Å². The van der Waals surface area contributed by atoms with Crippen molar-refractivity contribution in [3.63, 3.8) is 0 Å². The van der Waals surface area contributed by atoms with E-state index in [2.05, 4.69) is 35.1 Å². The van der Waals surface area contributed by atoms with Gasteiger partial charge in [-0.3, -0.25) is 33.7 Å². The number of carbonyl (C=O) groups excluding carboxylic acids is 7. The molecule has 3 aliphatic heterocycles. The molecule has 3 heterocycles. The van der Waals surface area contributed by atoms with E-state index in [9.17, 15) is 33.6 Å². The number of urea groups is 1. The molecule has 3 saturated heterocycles. The van der Waals surface area contributed by atoms with Crippen LogP contribution in [0.3, 0.4) is 0 Å². The zero-order valence-electron chi connectivity index (χ0n) is 32.1. The normalized spacial score (nSPS) is 30.4. The van der Waals surface area contributed by atoms with E-state index in [1.807, 2.05) is 34.6 Å². The molecule has 14 heteroatoms. The molecule has 14 nitrogen and oxygen atoms in total. The number of likely N-dealkylation sites (tertiary alicyclic amines) is 1. The lowest BCUT2D eigenvalue weighted by Crippen LogP contribution is -2.61. The Hall–Kier alpha value is -3.55. The van der Waals surface area contributed by atoms with Gasteiger partial charge in [-0.2, -0.15) is 0 Å². The van der Waals surface area contributed by atoms with Crippen molar-refractivity contribution in [1.29, 1.82) is 0 Å². The molecule has 0 aromatic carbocycles. The number of nitrogens with one attached hydrogen (secondary N) is 4. The maximum Gasteiger partial charge on any atom is 0.315 e. The molecule has 290 valence electrons. The van der Waals surface area contributed by atoms with Crippen LogP contribution in [0.15, 0.2) is 0 Å². The number of Topliss-reactive ketones (excluding diaryl/α,β-unsaturated/α-hetero) is 1. The number of nitrogens with zero attached hydrogens (tertiary/aromatic N) is 2. The highest BCUT2D eigenvalue weighted by molar-refractivity contribution is 6.38. The van der Waals surface area contributed by atoms with Gasteiger partial charge in [-0.15, -0.1) is 0 Å². The van der Waals surface area contributed by atoms with Crippen LogP contribution in [0.4, 0.5) is 4.79 Å². The van der Waals surface area contributed by atoms with Crippen LogP contribution < -0.4 is 21.3 Å². The number of amides is 7. The lowest BCUT2D eigenvalue weighted by atomic mass is 9.80. The molecule has 0 spiro atoms. The van der Waals surface area contributed by atoms with Gasteiger partial charge in [-0.1, -0.05) is 74.1 Å². The molecule has 0 aromatic rings. The van der Waals surface area contributed by atoms with Gasteiger partial charge in [0.15, 0.2) is 0 Å². The molecule has 0 bridgehead atoms. The molecule has 5 aliphatic rings. The molecular formula is C38H60N6O8. The number of fused-ring (bicyclic) bond motifs is 3. The first-order valence-electron chi connectivity index (χ1n) is 19.2. The number of ketones is 1. The van der Waals surface area contributed by atoms with Gasteiger partial charge < -0.3 is 30.9 Å². The third kappa shape index (κ3) is 9.32. The van der Waals surface area contributed by atoms with Crippen molar-refractivity contribution in [1.82, 2.24) is 31.1 Å². The van der Waals surface area contributed by atoms with Crippen molar-refractivity contribution in [2.24, 2.45) is 28.1 Å². The van der Waals surface area contributed by atoms with Crippen LogP contribution in [-0.4, -0.2) is 108 Å². The average Bonchev–Trinajstić information content (AvgIpc) is 3.89. The summed E-state index contributed by atoms with van der Waals surface area (Å²) in [5.41, 5.74) is -1.20. The quantitative estimate of drug-likeness (QED) is 0.228. The molecule has 5 fully saturated rings. The first kappa shape index (κ1) is 39.7. The van der Waals surface area contributed by atoms with Crippen LogP contribution >= 0.6 is 0 Å². The van der Waals surface area contributed by atoms with Crippen molar-refractivity contribution in [3.05, 3.63) is 0 Å². The van der Waals surface area contributed by atoms with Gasteiger partial charge in [-0.25, -0.2) is 4.79 Å². The van der Waals surface area contributed by atoms with Gasteiger partial charge in [0.1, 0.15) is 12.1 Å². The summed E-state index contributed by atoms with van der Waals surface area (Å²) in [6, 6.07) is -4.32. The molecule has 2 aliphatic carbocycles. The zero-order chi connectivity index (χ0) is 38.2. The molecule has 0 aromatic heterocycles. The second kappa shape index (κ2) is 15.4. The van der Waals surface area contributed by atoms with Crippen molar-refractivity contribution >= 4 is 41.4 Å². The number of hydrogen-bond acceptors (Lipinski definition) is 8. The minimum absolute atomic E-state index is 0.000924. The molecule has 5 rings (SSSR count). The largest absolute Gasteiger partial charge is 0.379 e. The summed E-state index contributed by atoms with van der Waals surface area (Å²) in [5.74, 6) is -2.99. The fourth-order valence-corrected chi connectivity index (χ4v) is 8.13. The van der Waals surface area contributed by atoms with Crippen LogP contribution in [0.25, 0.3) is 0 Å². The summed E-state index contributed by atoms with van der Waals surface area (Å²) >= 11 is 0. The summed E-state index contributed by atoms with van der Waals surface area (Å²) in [4.78, 5) is 97.0. The second-order valence-electron chi connectivity index (χ2n) is 18.2. The number of rotatable bonds is 7. The van der Waals surface area contributed by atoms with Crippen molar-refractivity contribution < 1.29 is 38.3 Å². The summed E-state index contributed by atoms with van der Waals surface area (Å²) < 4.78 is 5.95. The van der Waals surface area contributed by atoms with Crippen LogP contribution in [-0.2, 0) is 33.5 Å². The Balaban J connectivity index is 1.33. The third-order valence-electron chi connectivity index (χ3n) is 11.8. The van der Waals surface area contributed by atoms with E-state index in [4.69, 9.17) is 4.74 Å². The summed E-state index contributed by atoms with van der Waals surface area (Å²) in [6.45, 7) is 14.1. The molecule has 4 N–H and O–H groups in total. The number of carbonyl (C=O) groups is 7. The Kier molecular flexibility index (Phi) is 11.8. The van der Waals surface area contributed by atoms with E-state index in [1.165, 1.54) is 9.80 Å². The lowest BCUT2D eigenvalue weighted by molar-refractivity contribution is -0.153. The Labute approximate surface area is 307 Å². The Morgan fingerprint density at radius 3 is 2.17 bits per heavy atom. The molecular weight excluding hydrogens is 668 g/mol. The predicted molar refractivity (Wildman–Crippen MR) is 191 cm³/mol. The smallest absolute Gasteiger partial charge is 0.315 e. The van der Waals surface area contributed by atoms with Gasteiger partial charge in [0.2, 0.25) is 29.4 Å². The highest BCUT2D eigenvalue weighted by Crippen LogP contribution is 2.65. The minimum Gasteiger partial charge on any atom is -0.379 e. The van der Waals surface area contributed by atoms with Crippen LogP contribution in [0.5, 0.6) is 0 Å². The third-order valence-corrected chi connectivity index (χ3v) is 11.8. The summed E-state index contributed by atoms with van der Waals surface area (Å²) in [6.07, 6.45) is 6.38. The first-order valence-corrected chi connectivity index (χ1v) is 19.2. The van der Waals surface area contributed by atoms with Gasteiger partial charge >= 0.3 is 6.03 Å². The SMILES string of the molecule is CC1(C)CC(=O)N(C[C@@H](NC(=O)N[C@H]2COCCCCCCC[C@@H](C(=O)C(=O)NC3CC3)NC(=O)[C@@H]3[C@@H]4[C@H](CN3C2=O)C4(C)C)C(C)(C)C)C(=O)C1. The van der Waals surface area contributed by atoms with Crippen molar-refractivity contribution in [2.45, 2.75) is 143 Å². The highest BCUT2D eigenvalue weighted by atomic mass is 16.5. The molecule has 6 atom stereocenters. The van der Waals surface area contributed by atoms with Gasteiger partial charge in [0.25, 0.3) is 5.91 Å². The summed E-state index contributed by atoms with van der Waals surface area (Å²) in [7, 11) is 0. The van der Waals surface area contributed by atoms with Gasteiger partial charge in [-0.05, 0) is 53.8 Å². The standard InChI is InChI=1S/C38H60N6O8/c1-36(2,3)26(20-43-27(45)17-37(4,5)18-28(43)46)42-35(51)41-25-21-52-16-12-10-8-9-11-13-24(31(47)33(49)39-22-14-15-22)40-32(48)30-29-23(38(29,6)7)19-44(30)34(25)50/h22-26,29-30H,8-21H2,1-7H3,(H,39,49)(H,40,48)(H2,41,42,51)/t23-,24-,25-,26+,29-,30-/m0/s1. The van der Waals surface area contributed by atoms with Crippen LogP contribution in [0, 0.1) is 28.1 Å². The monoisotopic (exact) mass is 728 g/mol. The second-order valence-corrected chi connectivity index (χ2v) is 18.2. The van der Waals surface area contributed by atoms with E-state index >= 15 is 0 Å². The maximum atomic E-state index is 14.4. The molecule has 7 amide bonds. The minimum atomic E-state index is -1.13. The summed E-state index contributed by atoms with van der Waals surface area (Å²) in [5, 5.41) is 11.3. The Morgan fingerprint density at radius 2 is 1.54 bits per heavy atom.